The summed E-state index contributed by atoms with van der Waals surface area (Å²) in [7, 11) is 0. The monoisotopic (exact) mass is 400 g/mol. The molecule has 0 aliphatic carbocycles. The van der Waals surface area contributed by atoms with Crippen molar-refractivity contribution in [3.8, 4) is 17.0 Å². The third kappa shape index (κ3) is 3.57. The number of nitrogens with one attached hydrogen (secondary N) is 1. The fourth-order valence-electron chi connectivity index (χ4n) is 2.99. The Morgan fingerprint density at radius 3 is 2.82 bits per heavy atom. The Hall–Kier alpha value is -2.58. The number of hydrogen-bond donors (Lipinski definition) is 2. The number of aromatic nitrogens is 4. The van der Waals surface area contributed by atoms with Gasteiger partial charge in [0.2, 0.25) is 0 Å². The number of ether oxygens (including phenoxy) is 1. The van der Waals surface area contributed by atoms with E-state index in [1.807, 2.05) is 16.7 Å². The summed E-state index contributed by atoms with van der Waals surface area (Å²) in [5.41, 5.74) is 2.80. The first-order valence-electron chi connectivity index (χ1n) is 8.92. The number of thioether (sulfide) groups is 1. The summed E-state index contributed by atoms with van der Waals surface area (Å²) in [5, 5.41) is 9.56. The van der Waals surface area contributed by atoms with Gasteiger partial charge in [-0.2, -0.15) is 0 Å². The minimum atomic E-state index is -0.332. The quantitative estimate of drug-likeness (QED) is 0.489. The Labute approximate surface area is 165 Å². The maximum atomic E-state index is 14.0. The van der Waals surface area contributed by atoms with Crippen molar-refractivity contribution in [1.29, 1.82) is 0 Å². The molecule has 146 valence electrons. The van der Waals surface area contributed by atoms with Gasteiger partial charge in [-0.05, 0) is 6.07 Å². The molecule has 2 N–H and O–H groups in total. The molecule has 0 radical (unpaired) electrons. The van der Waals surface area contributed by atoms with Crippen LogP contribution in [0, 0.1) is 5.82 Å². The predicted octanol–water partition coefficient (Wildman–Crippen LogP) is 4.28. The van der Waals surface area contributed by atoms with Crippen molar-refractivity contribution < 1.29 is 14.2 Å². The van der Waals surface area contributed by atoms with E-state index in [4.69, 9.17) is 9.84 Å². The van der Waals surface area contributed by atoms with Gasteiger partial charge in [0.1, 0.15) is 29.5 Å². The molecule has 0 spiro atoms. The molecule has 0 saturated carbocycles. The van der Waals surface area contributed by atoms with E-state index in [2.05, 4.69) is 35.7 Å². The van der Waals surface area contributed by atoms with Gasteiger partial charge in [0, 0.05) is 35.0 Å². The molecule has 0 fully saturated rings. The van der Waals surface area contributed by atoms with E-state index in [0.717, 1.165) is 16.2 Å². The lowest BCUT2D eigenvalue weighted by atomic mass is 10.2. The SMILES string of the molecule is CC(C)(C)Sc1cn2c(-c3cnc4[nH]cc(F)c4c3)cnc2cc1OCCO. The number of rotatable bonds is 5. The highest BCUT2D eigenvalue weighted by Gasteiger charge is 2.19. The van der Waals surface area contributed by atoms with Crippen molar-refractivity contribution in [2.24, 2.45) is 0 Å². The summed E-state index contributed by atoms with van der Waals surface area (Å²) < 4.78 is 21.6. The summed E-state index contributed by atoms with van der Waals surface area (Å²) in [6.45, 7) is 6.53. The second kappa shape index (κ2) is 7.10. The van der Waals surface area contributed by atoms with Crippen molar-refractivity contribution in [3.05, 3.63) is 42.7 Å². The number of aliphatic hydroxyl groups is 1. The van der Waals surface area contributed by atoms with E-state index in [1.54, 1.807) is 30.2 Å². The summed E-state index contributed by atoms with van der Waals surface area (Å²) >= 11 is 1.67. The Morgan fingerprint density at radius 1 is 1.25 bits per heavy atom. The number of nitrogens with zero attached hydrogens (tertiary/aromatic N) is 3. The Bertz CT molecular complexity index is 1150. The summed E-state index contributed by atoms with van der Waals surface area (Å²) in [5.74, 6) is 0.353. The first-order valence-corrected chi connectivity index (χ1v) is 9.74. The molecule has 0 aromatic carbocycles. The number of pyridine rings is 2. The number of imidazole rings is 1. The molecule has 0 bridgehead atoms. The smallest absolute Gasteiger partial charge is 0.150 e. The molecule has 8 heteroatoms. The summed E-state index contributed by atoms with van der Waals surface area (Å²) in [6.07, 6.45) is 6.72. The van der Waals surface area contributed by atoms with Crippen LogP contribution in [0.1, 0.15) is 20.8 Å². The summed E-state index contributed by atoms with van der Waals surface area (Å²) in [4.78, 5) is 12.5. The second-order valence-electron chi connectivity index (χ2n) is 7.42. The van der Waals surface area contributed by atoms with Gasteiger partial charge in [-0.1, -0.05) is 20.8 Å². The Kier molecular flexibility index (Phi) is 4.76. The van der Waals surface area contributed by atoms with Crippen LogP contribution in [-0.2, 0) is 0 Å². The zero-order valence-electron chi connectivity index (χ0n) is 15.9. The largest absolute Gasteiger partial charge is 0.490 e. The molecule has 0 amide bonds. The maximum Gasteiger partial charge on any atom is 0.150 e. The van der Waals surface area contributed by atoms with Crippen LogP contribution < -0.4 is 4.74 Å². The van der Waals surface area contributed by atoms with Gasteiger partial charge in [0.25, 0.3) is 0 Å². The highest BCUT2D eigenvalue weighted by Crippen LogP contribution is 2.39. The minimum Gasteiger partial charge on any atom is -0.490 e. The number of halogens is 1. The number of fused-ring (bicyclic) bond motifs is 2. The van der Waals surface area contributed by atoms with Gasteiger partial charge in [-0.15, -0.1) is 11.8 Å². The number of aromatic amines is 1. The highest BCUT2D eigenvalue weighted by atomic mass is 32.2. The number of aliphatic hydroxyl groups excluding tert-OH is 1. The van der Waals surface area contributed by atoms with E-state index < -0.39 is 0 Å². The van der Waals surface area contributed by atoms with E-state index in [1.165, 1.54) is 6.20 Å². The fraction of sp³-hybridized carbons (Fsp3) is 0.300. The summed E-state index contributed by atoms with van der Waals surface area (Å²) in [6, 6.07) is 3.63. The van der Waals surface area contributed by atoms with Crippen LogP contribution in [0.2, 0.25) is 0 Å². The Balaban J connectivity index is 1.85. The van der Waals surface area contributed by atoms with E-state index in [-0.39, 0.29) is 23.8 Å². The third-order valence-electron chi connectivity index (χ3n) is 4.12. The van der Waals surface area contributed by atoms with Crippen molar-refractivity contribution in [2.75, 3.05) is 13.2 Å². The molecule has 0 unspecified atom stereocenters. The first-order chi connectivity index (χ1) is 13.4. The van der Waals surface area contributed by atoms with Crippen LogP contribution in [-0.4, -0.2) is 42.4 Å². The zero-order valence-corrected chi connectivity index (χ0v) is 16.7. The van der Waals surface area contributed by atoms with E-state index >= 15 is 0 Å². The predicted molar refractivity (Wildman–Crippen MR) is 108 cm³/mol. The molecule has 4 heterocycles. The van der Waals surface area contributed by atoms with Crippen molar-refractivity contribution in [2.45, 2.75) is 30.4 Å². The van der Waals surface area contributed by atoms with Crippen LogP contribution in [0.15, 0.2) is 41.8 Å². The van der Waals surface area contributed by atoms with Gasteiger partial charge in [0.05, 0.1) is 28.8 Å². The van der Waals surface area contributed by atoms with Crippen molar-refractivity contribution in [1.82, 2.24) is 19.4 Å². The normalized spacial score (nSPS) is 12.2. The van der Waals surface area contributed by atoms with Crippen LogP contribution in [0.5, 0.6) is 5.75 Å². The van der Waals surface area contributed by atoms with Crippen LogP contribution >= 0.6 is 11.8 Å². The lowest BCUT2D eigenvalue weighted by Crippen LogP contribution is -2.09. The second-order valence-corrected chi connectivity index (χ2v) is 9.29. The van der Waals surface area contributed by atoms with Gasteiger partial charge < -0.3 is 14.8 Å². The average molecular weight is 400 g/mol. The standard InChI is InChI=1S/C20H21FN4O2S/c1-20(2,3)28-17-11-25-15(10-22-18(25)7-16(17)27-5-4-26)12-6-13-14(21)9-24-19(13)23-8-12/h6-11,26H,4-5H2,1-3H3,(H,23,24). The molecule has 6 nitrogen and oxygen atoms in total. The minimum absolute atomic E-state index is 0.0273. The molecule has 4 aromatic rings. The van der Waals surface area contributed by atoms with Crippen LogP contribution in [0.3, 0.4) is 0 Å². The first kappa shape index (κ1) is 18.8. The molecule has 28 heavy (non-hydrogen) atoms. The highest BCUT2D eigenvalue weighted by molar-refractivity contribution is 8.00. The number of H-pyrrole nitrogens is 1. The van der Waals surface area contributed by atoms with Crippen LogP contribution in [0.25, 0.3) is 27.9 Å². The maximum absolute atomic E-state index is 14.0. The van der Waals surface area contributed by atoms with Crippen molar-refractivity contribution >= 4 is 28.4 Å². The third-order valence-corrected chi connectivity index (χ3v) is 5.26. The van der Waals surface area contributed by atoms with Crippen molar-refractivity contribution in [3.63, 3.8) is 0 Å². The number of hydrogen-bond acceptors (Lipinski definition) is 5. The molecule has 4 aromatic heterocycles. The fourth-order valence-corrected chi connectivity index (χ4v) is 4.02. The zero-order chi connectivity index (χ0) is 19.9. The molecular weight excluding hydrogens is 379 g/mol. The molecule has 4 rings (SSSR count). The molecule has 0 atom stereocenters. The van der Waals surface area contributed by atoms with E-state index in [9.17, 15) is 4.39 Å². The van der Waals surface area contributed by atoms with Crippen LogP contribution in [0.4, 0.5) is 4.39 Å². The van der Waals surface area contributed by atoms with Gasteiger partial charge in [-0.3, -0.25) is 4.40 Å². The molecular formula is C20H21FN4O2S. The molecule has 0 aliphatic rings. The van der Waals surface area contributed by atoms with Gasteiger partial charge in [-0.25, -0.2) is 14.4 Å². The van der Waals surface area contributed by atoms with Gasteiger partial charge >= 0.3 is 0 Å². The average Bonchev–Trinajstić information content (AvgIpc) is 3.21. The Morgan fingerprint density at radius 2 is 2.07 bits per heavy atom. The lowest BCUT2D eigenvalue weighted by Gasteiger charge is -2.20. The topological polar surface area (TPSA) is 75.4 Å². The molecule has 0 saturated heterocycles. The van der Waals surface area contributed by atoms with Gasteiger partial charge in [0.15, 0.2) is 0 Å². The molecule has 0 aliphatic heterocycles. The lowest BCUT2D eigenvalue weighted by molar-refractivity contribution is 0.198. The van der Waals surface area contributed by atoms with E-state index in [0.29, 0.717) is 22.4 Å².